The molecule has 154 valence electrons. The number of carbonyl (C=O) groups excluding carboxylic acids is 2. The highest BCUT2D eigenvalue weighted by molar-refractivity contribution is 6.06. The van der Waals surface area contributed by atoms with E-state index >= 15 is 0 Å². The Labute approximate surface area is 168 Å². The summed E-state index contributed by atoms with van der Waals surface area (Å²) < 4.78 is 4.79. The number of nitrogens with one attached hydrogen (secondary N) is 3. The fourth-order valence-electron chi connectivity index (χ4n) is 2.76. The van der Waals surface area contributed by atoms with Gasteiger partial charge in [0.25, 0.3) is 0 Å². The van der Waals surface area contributed by atoms with Crippen molar-refractivity contribution in [2.24, 2.45) is 11.0 Å². The molecular weight excluding hydrogens is 376 g/mol. The van der Waals surface area contributed by atoms with E-state index in [1.807, 2.05) is 25.1 Å². The minimum atomic E-state index is -0.0663. The van der Waals surface area contributed by atoms with Crippen molar-refractivity contribution in [2.45, 2.75) is 13.3 Å². The standard InChI is InChI=1S/C12H13N3O2.C8H11NO3/c1-8-5-11(17)14-15-12(8)9-3-2-4-10(6-9)13-7-16;1-9-5-3-7(11)8(12-2)4-6(5)10/h2-4,6-8H,5H2,1H3,(H,13,16)(H,14,17);3-4,9-11H,1-2H3. The molecule has 1 heterocycles. The van der Waals surface area contributed by atoms with E-state index < -0.39 is 0 Å². The number of anilines is 2. The van der Waals surface area contributed by atoms with Crippen LogP contribution in [0.4, 0.5) is 11.4 Å². The number of ether oxygens (including phenoxy) is 1. The summed E-state index contributed by atoms with van der Waals surface area (Å²) in [7, 11) is 3.08. The lowest BCUT2D eigenvalue weighted by molar-refractivity contribution is -0.121. The van der Waals surface area contributed by atoms with Crippen LogP contribution in [-0.2, 0) is 9.59 Å². The van der Waals surface area contributed by atoms with Crippen molar-refractivity contribution >= 4 is 29.4 Å². The predicted octanol–water partition coefficient (Wildman–Crippen LogP) is 2.26. The van der Waals surface area contributed by atoms with Crippen LogP contribution >= 0.6 is 0 Å². The van der Waals surface area contributed by atoms with Gasteiger partial charge in [0.2, 0.25) is 12.3 Å². The minimum absolute atomic E-state index is 0.000324. The molecule has 0 spiro atoms. The summed E-state index contributed by atoms with van der Waals surface area (Å²) in [6.45, 7) is 1.96. The molecule has 1 unspecified atom stereocenters. The summed E-state index contributed by atoms with van der Waals surface area (Å²) in [5.74, 6) is 0.317. The maximum absolute atomic E-state index is 11.1. The molecular formula is C20H24N4O5. The lowest BCUT2D eigenvalue weighted by Gasteiger charge is -2.19. The number of methoxy groups -OCH3 is 1. The first-order chi connectivity index (χ1) is 13.9. The highest BCUT2D eigenvalue weighted by Crippen LogP contribution is 2.35. The molecule has 2 aromatic carbocycles. The Kier molecular flexibility index (Phi) is 7.41. The molecule has 1 aliphatic heterocycles. The average Bonchev–Trinajstić information content (AvgIpc) is 2.70. The molecule has 9 heteroatoms. The Morgan fingerprint density at radius 2 is 2.00 bits per heavy atom. The maximum atomic E-state index is 11.1. The van der Waals surface area contributed by atoms with E-state index in [-0.39, 0.29) is 29.1 Å². The van der Waals surface area contributed by atoms with Gasteiger partial charge in [-0.2, -0.15) is 5.10 Å². The second kappa shape index (κ2) is 9.98. The first-order valence-electron chi connectivity index (χ1n) is 8.84. The van der Waals surface area contributed by atoms with Gasteiger partial charge in [-0.05, 0) is 12.1 Å². The van der Waals surface area contributed by atoms with Crippen LogP contribution in [0.1, 0.15) is 18.9 Å². The summed E-state index contributed by atoms with van der Waals surface area (Å²) in [5.41, 5.74) is 5.39. The van der Waals surface area contributed by atoms with Crippen molar-refractivity contribution in [1.29, 1.82) is 0 Å². The van der Waals surface area contributed by atoms with Crippen LogP contribution in [-0.4, -0.2) is 42.4 Å². The third-order valence-corrected chi connectivity index (χ3v) is 4.21. The normalized spacial score (nSPS) is 15.2. The summed E-state index contributed by atoms with van der Waals surface area (Å²) in [6.07, 6.45) is 1.07. The molecule has 0 aliphatic carbocycles. The molecule has 29 heavy (non-hydrogen) atoms. The van der Waals surface area contributed by atoms with Crippen molar-refractivity contribution in [3.05, 3.63) is 42.0 Å². The summed E-state index contributed by atoms with van der Waals surface area (Å²) >= 11 is 0. The van der Waals surface area contributed by atoms with E-state index in [0.29, 0.717) is 24.2 Å². The number of rotatable bonds is 5. The number of amides is 2. The van der Waals surface area contributed by atoms with E-state index in [9.17, 15) is 19.8 Å². The number of aromatic hydroxyl groups is 2. The van der Waals surface area contributed by atoms with E-state index in [1.165, 1.54) is 19.2 Å². The van der Waals surface area contributed by atoms with E-state index in [0.717, 1.165) is 11.3 Å². The van der Waals surface area contributed by atoms with E-state index in [4.69, 9.17) is 4.74 Å². The number of phenolic OH excluding ortho intramolecular Hbond substituents is 2. The largest absolute Gasteiger partial charge is 0.506 e. The number of hydrazone groups is 1. The second-order valence-electron chi connectivity index (χ2n) is 6.27. The molecule has 3 rings (SSSR count). The molecule has 0 aromatic heterocycles. The fourth-order valence-corrected chi connectivity index (χ4v) is 2.76. The molecule has 0 saturated carbocycles. The van der Waals surface area contributed by atoms with Crippen molar-refractivity contribution in [3.63, 3.8) is 0 Å². The Hall–Kier alpha value is -3.75. The fraction of sp³-hybridized carbons (Fsp3) is 0.250. The molecule has 0 bridgehead atoms. The minimum Gasteiger partial charge on any atom is -0.506 e. The monoisotopic (exact) mass is 400 g/mol. The average molecular weight is 400 g/mol. The summed E-state index contributed by atoms with van der Waals surface area (Å²) in [5, 5.41) is 27.9. The maximum Gasteiger partial charge on any atom is 0.240 e. The Morgan fingerprint density at radius 3 is 2.62 bits per heavy atom. The van der Waals surface area contributed by atoms with Crippen molar-refractivity contribution < 1.29 is 24.5 Å². The Morgan fingerprint density at radius 1 is 1.24 bits per heavy atom. The molecule has 9 nitrogen and oxygen atoms in total. The van der Waals surface area contributed by atoms with Gasteiger partial charge in [-0.15, -0.1) is 0 Å². The molecule has 0 fully saturated rings. The topological polar surface area (TPSA) is 132 Å². The molecule has 0 saturated heterocycles. The van der Waals surface area contributed by atoms with Crippen molar-refractivity contribution in [3.8, 4) is 17.2 Å². The zero-order valence-electron chi connectivity index (χ0n) is 16.4. The molecule has 1 atom stereocenters. The molecule has 0 radical (unpaired) electrons. The van der Waals surface area contributed by atoms with Crippen molar-refractivity contribution in [1.82, 2.24) is 5.43 Å². The van der Waals surface area contributed by atoms with Crippen LogP contribution < -0.4 is 20.8 Å². The van der Waals surface area contributed by atoms with Crippen LogP contribution in [0.15, 0.2) is 41.5 Å². The smallest absolute Gasteiger partial charge is 0.240 e. The van der Waals surface area contributed by atoms with Gasteiger partial charge in [0.05, 0.1) is 18.5 Å². The Bertz CT molecular complexity index is 884. The third kappa shape index (κ3) is 5.61. The van der Waals surface area contributed by atoms with Gasteiger partial charge in [-0.25, -0.2) is 5.43 Å². The van der Waals surface area contributed by atoms with Gasteiger partial charge in [-0.3, -0.25) is 9.59 Å². The zero-order valence-corrected chi connectivity index (χ0v) is 16.4. The van der Waals surface area contributed by atoms with E-state index in [2.05, 4.69) is 21.2 Å². The highest BCUT2D eigenvalue weighted by atomic mass is 16.5. The predicted molar refractivity (Wildman–Crippen MR) is 110 cm³/mol. The lowest BCUT2D eigenvalue weighted by atomic mass is 9.94. The highest BCUT2D eigenvalue weighted by Gasteiger charge is 2.21. The lowest BCUT2D eigenvalue weighted by Crippen LogP contribution is -2.31. The van der Waals surface area contributed by atoms with Gasteiger partial charge < -0.3 is 25.6 Å². The number of phenols is 2. The summed E-state index contributed by atoms with van der Waals surface area (Å²) in [6, 6.07) is 10.1. The number of hydrogen-bond donors (Lipinski definition) is 5. The first kappa shape index (κ1) is 21.5. The van der Waals surface area contributed by atoms with Crippen LogP contribution in [0.5, 0.6) is 17.2 Å². The van der Waals surface area contributed by atoms with Gasteiger partial charge in [0, 0.05) is 42.8 Å². The molecule has 2 aromatic rings. The van der Waals surface area contributed by atoms with Crippen LogP contribution in [0, 0.1) is 5.92 Å². The van der Waals surface area contributed by atoms with Gasteiger partial charge >= 0.3 is 0 Å². The molecule has 5 N–H and O–H groups in total. The number of benzene rings is 2. The van der Waals surface area contributed by atoms with Gasteiger partial charge in [0.1, 0.15) is 5.75 Å². The summed E-state index contributed by atoms with van der Waals surface area (Å²) in [4.78, 5) is 21.5. The number of nitrogens with zero attached hydrogens (tertiary/aromatic N) is 1. The second-order valence-corrected chi connectivity index (χ2v) is 6.27. The van der Waals surface area contributed by atoms with Crippen LogP contribution in [0.3, 0.4) is 0 Å². The van der Waals surface area contributed by atoms with Crippen LogP contribution in [0.2, 0.25) is 0 Å². The SMILES string of the molecule is CC1CC(=O)NN=C1c1cccc(NC=O)c1.CNc1cc(O)c(OC)cc1O. The third-order valence-electron chi connectivity index (χ3n) is 4.21. The quantitative estimate of drug-likeness (QED) is 0.297. The first-order valence-corrected chi connectivity index (χ1v) is 8.84. The van der Waals surface area contributed by atoms with Crippen molar-refractivity contribution in [2.75, 3.05) is 24.8 Å². The zero-order chi connectivity index (χ0) is 21.4. The number of hydrogen-bond acceptors (Lipinski definition) is 7. The Balaban J connectivity index is 0.000000221. The van der Waals surface area contributed by atoms with E-state index in [1.54, 1.807) is 13.1 Å². The molecule has 2 amide bonds. The van der Waals surface area contributed by atoms with Gasteiger partial charge in [0.15, 0.2) is 11.5 Å². The number of carbonyl (C=O) groups is 2. The molecule has 1 aliphatic rings. The van der Waals surface area contributed by atoms with Crippen LogP contribution in [0.25, 0.3) is 0 Å². The van der Waals surface area contributed by atoms with Gasteiger partial charge in [-0.1, -0.05) is 19.1 Å².